The van der Waals surface area contributed by atoms with E-state index in [-0.39, 0.29) is 18.9 Å². The summed E-state index contributed by atoms with van der Waals surface area (Å²) in [5, 5.41) is 12.2. The number of hydrogen-bond acceptors (Lipinski definition) is 6. The van der Waals surface area contributed by atoms with Crippen LogP contribution in [0.25, 0.3) is 10.4 Å². The van der Waals surface area contributed by atoms with Crippen molar-refractivity contribution in [2.24, 2.45) is 5.11 Å². The Balaban J connectivity index is 2.18. The zero-order valence-corrected chi connectivity index (χ0v) is 10.5. The van der Waals surface area contributed by atoms with Crippen LogP contribution in [0.2, 0.25) is 0 Å². The quantitative estimate of drug-likeness (QED) is 0.240. The zero-order valence-electron chi connectivity index (χ0n) is 10.5. The summed E-state index contributed by atoms with van der Waals surface area (Å²) in [5.74, 6) is -2.27. The van der Waals surface area contributed by atoms with Crippen molar-refractivity contribution in [1.29, 1.82) is 0 Å². The van der Waals surface area contributed by atoms with E-state index >= 15 is 0 Å². The smallest absolute Gasteiger partial charge is 0.316 e. The van der Waals surface area contributed by atoms with Crippen LogP contribution in [-0.2, 0) is 23.9 Å². The number of carbonyl (C=O) groups excluding carboxylic acids is 2. The van der Waals surface area contributed by atoms with Crippen molar-refractivity contribution >= 4 is 17.8 Å². The van der Waals surface area contributed by atoms with Crippen LogP contribution in [0.15, 0.2) is 5.11 Å². The standard InChI is InChI=1S/C10H12N4O6/c1-4(15)19-9(8(10(17)18)12-13-11)5-3-14-6(16)2-7(14)20-5/h5,7-9H,2-3H2,1H3,(H,17,18)/t5-,7+,8-,9+/m1/s1. The highest BCUT2D eigenvalue weighted by atomic mass is 16.6. The van der Waals surface area contributed by atoms with E-state index in [9.17, 15) is 14.4 Å². The summed E-state index contributed by atoms with van der Waals surface area (Å²) in [7, 11) is 0. The molecule has 10 heteroatoms. The van der Waals surface area contributed by atoms with E-state index in [0.717, 1.165) is 6.92 Å². The van der Waals surface area contributed by atoms with Crippen LogP contribution in [0.1, 0.15) is 13.3 Å². The van der Waals surface area contributed by atoms with Crippen LogP contribution in [0.4, 0.5) is 0 Å². The third-order valence-electron chi connectivity index (χ3n) is 3.13. The van der Waals surface area contributed by atoms with E-state index in [1.54, 1.807) is 0 Å². The number of hydrogen-bond donors (Lipinski definition) is 1. The van der Waals surface area contributed by atoms with Gasteiger partial charge < -0.3 is 19.5 Å². The lowest BCUT2D eigenvalue weighted by molar-refractivity contribution is -0.168. The van der Waals surface area contributed by atoms with Gasteiger partial charge in [-0.05, 0) is 5.53 Å². The Morgan fingerprint density at radius 1 is 1.65 bits per heavy atom. The molecule has 0 aliphatic carbocycles. The van der Waals surface area contributed by atoms with Crippen LogP contribution >= 0.6 is 0 Å². The van der Waals surface area contributed by atoms with Crippen LogP contribution in [-0.4, -0.2) is 58.9 Å². The van der Waals surface area contributed by atoms with Crippen LogP contribution in [0.3, 0.4) is 0 Å². The van der Waals surface area contributed by atoms with Crippen LogP contribution in [0, 0.1) is 0 Å². The van der Waals surface area contributed by atoms with E-state index < -0.39 is 36.4 Å². The minimum Gasteiger partial charge on any atom is -0.481 e. The number of nitrogens with zero attached hydrogens (tertiary/aromatic N) is 4. The van der Waals surface area contributed by atoms with Crippen molar-refractivity contribution < 1.29 is 29.0 Å². The topological polar surface area (TPSA) is 142 Å². The summed E-state index contributed by atoms with van der Waals surface area (Å²) >= 11 is 0. The number of carbonyl (C=O) groups is 3. The average Bonchev–Trinajstić information content (AvgIpc) is 2.70. The van der Waals surface area contributed by atoms with Crippen molar-refractivity contribution in [3.63, 3.8) is 0 Å². The highest BCUT2D eigenvalue weighted by molar-refractivity contribution is 5.83. The number of carboxylic acid groups (broad SMARTS) is 1. The summed E-state index contributed by atoms with van der Waals surface area (Å²) in [6.45, 7) is 1.21. The maximum atomic E-state index is 11.3. The first kappa shape index (κ1) is 14.1. The van der Waals surface area contributed by atoms with Crippen molar-refractivity contribution in [2.75, 3.05) is 6.54 Å². The van der Waals surface area contributed by atoms with Gasteiger partial charge in [0.1, 0.15) is 18.4 Å². The maximum absolute atomic E-state index is 11.3. The Kier molecular flexibility index (Phi) is 3.77. The Hall–Kier alpha value is -2.32. The third-order valence-corrected chi connectivity index (χ3v) is 3.13. The molecule has 0 unspecified atom stereocenters. The second-order valence-corrected chi connectivity index (χ2v) is 4.44. The van der Waals surface area contributed by atoms with E-state index in [2.05, 4.69) is 10.0 Å². The highest BCUT2D eigenvalue weighted by Crippen LogP contribution is 2.32. The lowest BCUT2D eigenvalue weighted by Crippen LogP contribution is -2.49. The number of amides is 1. The predicted molar refractivity (Wildman–Crippen MR) is 61.1 cm³/mol. The number of esters is 1. The molecule has 20 heavy (non-hydrogen) atoms. The summed E-state index contributed by atoms with van der Waals surface area (Å²) in [5.41, 5.74) is 8.42. The van der Waals surface area contributed by atoms with Gasteiger partial charge in [0, 0.05) is 11.8 Å². The van der Waals surface area contributed by atoms with Crippen LogP contribution < -0.4 is 0 Å². The second-order valence-electron chi connectivity index (χ2n) is 4.44. The second kappa shape index (κ2) is 5.35. The first-order chi connectivity index (χ1) is 9.43. The minimum absolute atomic E-state index is 0.103. The summed E-state index contributed by atoms with van der Waals surface area (Å²) in [6.07, 6.45) is -2.32. The number of fused-ring (bicyclic) bond motifs is 1. The highest BCUT2D eigenvalue weighted by Gasteiger charge is 2.50. The molecule has 0 radical (unpaired) electrons. The SMILES string of the molecule is CC(=O)O[C@@H]([C@H]1CN2C(=O)C[C@@H]2O1)[C@@H](N=[N+]=[N-])C(=O)O. The van der Waals surface area contributed by atoms with Crippen molar-refractivity contribution in [1.82, 2.24) is 4.90 Å². The molecule has 0 aromatic rings. The average molecular weight is 284 g/mol. The first-order valence-corrected chi connectivity index (χ1v) is 5.83. The number of carboxylic acids is 1. The number of aliphatic carboxylic acids is 1. The molecule has 2 aliphatic heterocycles. The summed E-state index contributed by atoms with van der Waals surface area (Å²) in [6, 6.07) is -1.61. The van der Waals surface area contributed by atoms with Gasteiger partial charge in [-0.1, -0.05) is 5.11 Å². The molecule has 2 heterocycles. The molecule has 1 amide bonds. The molecule has 0 bridgehead atoms. The fraction of sp³-hybridized carbons (Fsp3) is 0.700. The molecule has 0 spiro atoms. The van der Waals surface area contributed by atoms with E-state index in [4.69, 9.17) is 20.1 Å². The molecule has 1 N–H and O–H groups in total. The van der Waals surface area contributed by atoms with E-state index in [0.29, 0.717) is 0 Å². The van der Waals surface area contributed by atoms with Gasteiger partial charge in [-0.3, -0.25) is 14.4 Å². The summed E-state index contributed by atoms with van der Waals surface area (Å²) in [4.78, 5) is 37.3. The molecule has 108 valence electrons. The Labute approximate surface area is 112 Å². The number of rotatable bonds is 5. The molecule has 0 saturated carbocycles. The van der Waals surface area contributed by atoms with Crippen molar-refractivity contribution in [2.45, 2.75) is 37.8 Å². The fourth-order valence-corrected chi connectivity index (χ4v) is 2.23. The molecule has 0 aromatic carbocycles. The van der Waals surface area contributed by atoms with Gasteiger partial charge in [-0.25, -0.2) is 0 Å². The number of azide groups is 1. The Morgan fingerprint density at radius 3 is 2.80 bits per heavy atom. The number of ether oxygens (including phenoxy) is 2. The van der Waals surface area contributed by atoms with E-state index in [1.807, 2.05) is 0 Å². The lowest BCUT2D eigenvalue weighted by Gasteiger charge is -2.31. The van der Waals surface area contributed by atoms with Gasteiger partial charge in [-0.15, -0.1) is 0 Å². The lowest BCUT2D eigenvalue weighted by atomic mass is 10.1. The number of β-lactam (4-membered cyclic amide) rings is 1. The van der Waals surface area contributed by atoms with Gasteiger partial charge in [0.2, 0.25) is 5.91 Å². The maximum Gasteiger partial charge on any atom is 0.316 e. The van der Waals surface area contributed by atoms with Gasteiger partial charge in [0.05, 0.1) is 13.0 Å². The molecule has 2 fully saturated rings. The minimum atomic E-state index is -1.61. The third kappa shape index (κ3) is 2.51. The monoisotopic (exact) mass is 284 g/mol. The molecule has 2 rings (SSSR count). The van der Waals surface area contributed by atoms with Gasteiger partial charge in [0.15, 0.2) is 6.04 Å². The molecular formula is C10H12N4O6. The van der Waals surface area contributed by atoms with E-state index in [1.165, 1.54) is 4.90 Å². The normalized spacial score (nSPS) is 26.9. The van der Waals surface area contributed by atoms with Gasteiger partial charge in [0.25, 0.3) is 0 Å². The van der Waals surface area contributed by atoms with Crippen molar-refractivity contribution in [3.8, 4) is 0 Å². The molecular weight excluding hydrogens is 272 g/mol. The zero-order chi connectivity index (χ0) is 14.9. The molecule has 4 atom stereocenters. The molecule has 10 nitrogen and oxygen atoms in total. The molecule has 2 aliphatic rings. The molecule has 2 saturated heterocycles. The van der Waals surface area contributed by atoms with Crippen molar-refractivity contribution in [3.05, 3.63) is 10.4 Å². The Morgan fingerprint density at radius 2 is 2.35 bits per heavy atom. The Bertz CT molecular complexity index is 500. The summed E-state index contributed by atoms with van der Waals surface area (Å²) < 4.78 is 10.4. The van der Waals surface area contributed by atoms with Crippen LogP contribution in [0.5, 0.6) is 0 Å². The fourth-order valence-electron chi connectivity index (χ4n) is 2.23. The molecule has 0 aromatic heterocycles. The van der Waals surface area contributed by atoms with Gasteiger partial charge in [-0.2, -0.15) is 0 Å². The van der Waals surface area contributed by atoms with Gasteiger partial charge >= 0.3 is 11.9 Å². The predicted octanol–water partition coefficient (Wildman–Crippen LogP) is -0.361. The largest absolute Gasteiger partial charge is 0.481 e. The first-order valence-electron chi connectivity index (χ1n) is 5.83.